The summed E-state index contributed by atoms with van der Waals surface area (Å²) in [5, 5.41) is 0. The molecule has 1 aliphatic rings. The topological polar surface area (TPSA) is 20.3 Å². The Morgan fingerprint density at radius 1 is 1.25 bits per heavy atom. The van der Waals surface area contributed by atoms with E-state index in [4.69, 9.17) is 0 Å². The Hall–Kier alpha value is -1.05. The van der Waals surface area contributed by atoms with Crippen molar-refractivity contribution in [1.82, 2.24) is 4.90 Å². The van der Waals surface area contributed by atoms with Gasteiger partial charge in [-0.3, -0.25) is 4.79 Å². The zero-order chi connectivity index (χ0) is 15.3. The molecule has 2 unspecified atom stereocenters. The third-order valence-corrected chi connectivity index (χ3v) is 4.35. The van der Waals surface area contributed by atoms with E-state index in [9.17, 15) is 4.79 Å². The van der Waals surface area contributed by atoms with Crippen LogP contribution in [0.1, 0.15) is 60.8 Å². The lowest BCUT2D eigenvalue weighted by atomic mass is 9.98. The predicted molar refractivity (Wildman–Crippen MR) is 86.6 cm³/mol. The minimum Gasteiger partial charge on any atom is -0.339 e. The number of nitrogens with zero attached hydrogens (tertiary/aromatic N) is 1. The number of hydrogen-bond donors (Lipinski definition) is 0. The molecule has 0 aliphatic heterocycles. The summed E-state index contributed by atoms with van der Waals surface area (Å²) in [4.78, 5) is 14.1. The molecule has 0 aromatic heterocycles. The highest BCUT2D eigenvalue weighted by Crippen LogP contribution is 2.55. The summed E-state index contributed by atoms with van der Waals surface area (Å²) >= 11 is 0. The average Bonchev–Trinajstić information content (AvgIpc) is 2.95. The molecule has 0 heterocycles. The maximum absolute atomic E-state index is 12.1. The van der Waals surface area contributed by atoms with Crippen LogP contribution >= 0.6 is 0 Å². The van der Waals surface area contributed by atoms with Gasteiger partial charge >= 0.3 is 0 Å². The van der Waals surface area contributed by atoms with Crippen LogP contribution in [0.3, 0.4) is 0 Å². The SMILES string of the molecule is CCN(CC1CC1(C)CCC=C(C)C)C(=O)C=C(C)C. The lowest BCUT2D eigenvalue weighted by Gasteiger charge is -2.21. The summed E-state index contributed by atoms with van der Waals surface area (Å²) in [6.45, 7) is 14.4. The molecule has 0 aromatic carbocycles. The quantitative estimate of drug-likeness (QED) is 0.493. The van der Waals surface area contributed by atoms with Crippen LogP contribution in [-0.4, -0.2) is 23.9 Å². The molecule has 0 N–H and O–H groups in total. The van der Waals surface area contributed by atoms with Crippen molar-refractivity contribution in [3.8, 4) is 0 Å². The van der Waals surface area contributed by atoms with Crippen molar-refractivity contribution in [2.45, 2.75) is 60.8 Å². The van der Waals surface area contributed by atoms with Crippen LogP contribution in [-0.2, 0) is 4.79 Å². The molecular formula is C18H31NO. The fraction of sp³-hybridized carbons (Fsp3) is 0.722. The second kappa shape index (κ2) is 7.10. The number of hydrogen-bond acceptors (Lipinski definition) is 1. The molecule has 1 saturated carbocycles. The van der Waals surface area contributed by atoms with Gasteiger partial charge in [-0.25, -0.2) is 0 Å². The predicted octanol–water partition coefficient (Wildman–Crippen LogP) is 4.57. The highest BCUT2D eigenvalue weighted by atomic mass is 16.2. The van der Waals surface area contributed by atoms with E-state index in [1.165, 1.54) is 24.8 Å². The summed E-state index contributed by atoms with van der Waals surface area (Å²) in [7, 11) is 0. The summed E-state index contributed by atoms with van der Waals surface area (Å²) in [6.07, 6.45) is 7.77. The van der Waals surface area contributed by atoms with Crippen LogP contribution in [0.25, 0.3) is 0 Å². The van der Waals surface area contributed by atoms with Crippen molar-refractivity contribution >= 4 is 5.91 Å². The first-order valence-corrected chi connectivity index (χ1v) is 7.85. The maximum Gasteiger partial charge on any atom is 0.246 e. The van der Waals surface area contributed by atoms with Crippen molar-refractivity contribution in [2.75, 3.05) is 13.1 Å². The Kier molecular flexibility index (Phi) is 6.04. The zero-order valence-corrected chi connectivity index (χ0v) is 14.1. The van der Waals surface area contributed by atoms with Crippen LogP contribution in [0.5, 0.6) is 0 Å². The van der Waals surface area contributed by atoms with Crippen LogP contribution in [0, 0.1) is 11.3 Å². The minimum atomic E-state index is 0.172. The first kappa shape index (κ1) is 17.0. The van der Waals surface area contributed by atoms with Crippen molar-refractivity contribution in [3.05, 3.63) is 23.3 Å². The van der Waals surface area contributed by atoms with Gasteiger partial charge in [-0.1, -0.05) is 24.1 Å². The summed E-state index contributed by atoms with van der Waals surface area (Å²) < 4.78 is 0. The third-order valence-electron chi connectivity index (χ3n) is 4.35. The van der Waals surface area contributed by atoms with E-state index >= 15 is 0 Å². The monoisotopic (exact) mass is 277 g/mol. The van der Waals surface area contributed by atoms with Crippen LogP contribution in [0.4, 0.5) is 0 Å². The van der Waals surface area contributed by atoms with Crippen LogP contribution in [0.15, 0.2) is 23.3 Å². The molecule has 0 bridgehead atoms. The molecule has 0 spiro atoms. The minimum absolute atomic E-state index is 0.172. The first-order valence-electron chi connectivity index (χ1n) is 7.85. The van der Waals surface area contributed by atoms with E-state index in [0.717, 1.165) is 18.7 Å². The van der Waals surface area contributed by atoms with E-state index in [0.29, 0.717) is 11.3 Å². The van der Waals surface area contributed by atoms with Crippen molar-refractivity contribution in [2.24, 2.45) is 11.3 Å². The maximum atomic E-state index is 12.1. The van der Waals surface area contributed by atoms with E-state index in [2.05, 4.69) is 33.8 Å². The summed E-state index contributed by atoms with van der Waals surface area (Å²) in [5.74, 6) is 0.855. The molecule has 1 fully saturated rings. The lowest BCUT2D eigenvalue weighted by molar-refractivity contribution is -0.126. The largest absolute Gasteiger partial charge is 0.339 e. The van der Waals surface area contributed by atoms with Crippen molar-refractivity contribution < 1.29 is 4.79 Å². The molecule has 1 aliphatic carbocycles. The van der Waals surface area contributed by atoms with Gasteiger partial charge in [0.05, 0.1) is 0 Å². The van der Waals surface area contributed by atoms with E-state index in [1.807, 2.05) is 18.7 Å². The Morgan fingerprint density at radius 3 is 2.40 bits per heavy atom. The number of rotatable bonds is 7. The Bertz CT molecular complexity index is 400. The second-order valence-corrected chi connectivity index (χ2v) is 6.97. The molecular weight excluding hydrogens is 246 g/mol. The summed E-state index contributed by atoms with van der Waals surface area (Å²) in [6, 6.07) is 0. The van der Waals surface area contributed by atoms with Gasteiger partial charge in [0.25, 0.3) is 0 Å². The number of allylic oxidation sites excluding steroid dienone is 3. The third kappa shape index (κ3) is 5.15. The van der Waals surface area contributed by atoms with Crippen molar-refractivity contribution in [3.63, 3.8) is 0 Å². The van der Waals surface area contributed by atoms with E-state index in [-0.39, 0.29) is 5.91 Å². The van der Waals surface area contributed by atoms with Crippen molar-refractivity contribution in [1.29, 1.82) is 0 Å². The molecule has 1 amide bonds. The van der Waals surface area contributed by atoms with Gasteiger partial charge in [0.1, 0.15) is 0 Å². The van der Waals surface area contributed by atoms with Gasteiger partial charge in [0, 0.05) is 19.2 Å². The molecule has 0 saturated heterocycles. The van der Waals surface area contributed by atoms with Gasteiger partial charge in [0.15, 0.2) is 0 Å². The molecule has 2 nitrogen and oxygen atoms in total. The normalized spacial score (nSPS) is 24.0. The molecule has 114 valence electrons. The Morgan fingerprint density at radius 2 is 1.90 bits per heavy atom. The van der Waals surface area contributed by atoms with E-state index < -0.39 is 0 Å². The van der Waals surface area contributed by atoms with Gasteiger partial charge < -0.3 is 4.90 Å². The highest BCUT2D eigenvalue weighted by molar-refractivity contribution is 5.88. The standard InChI is InChI=1S/C18H31NO/c1-7-19(17(20)11-15(4)5)13-16-12-18(16,6)10-8-9-14(2)3/h9,11,16H,7-8,10,12-13H2,1-6H3. The number of carbonyl (C=O) groups excluding carboxylic acids is 1. The fourth-order valence-corrected chi connectivity index (χ4v) is 2.76. The van der Waals surface area contributed by atoms with Gasteiger partial charge in [-0.2, -0.15) is 0 Å². The Labute approximate surface area is 124 Å². The van der Waals surface area contributed by atoms with E-state index in [1.54, 1.807) is 6.08 Å². The van der Waals surface area contributed by atoms with Crippen LogP contribution < -0.4 is 0 Å². The van der Waals surface area contributed by atoms with Crippen LogP contribution in [0.2, 0.25) is 0 Å². The number of carbonyl (C=O) groups is 1. The molecule has 1 rings (SSSR count). The number of likely N-dealkylation sites (N-methyl/N-ethyl adjacent to an activating group) is 1. The molecule has 2 heteroatoms. The lowest BCUT2D eigenvalue weighted by Crippen LogP contribution is -2.32. The zero-order valence-electron chi connectivity index (χ0n) is 14.1. The Balaban J connectivity index is 2.47. The van der Waals surface area contributed by atoms with Gasteiger partial charge in [-0.05, 0) is 65.2 Å². The number of amides is 1. The second-order valence-electron chi connectivity index (χ2n) is 6.97. The molecule has 0 aromatic rings. The van der Waals surface area contributed by atoms with Gasteiger partial charge in [0.2, 0.25) is 5.91 Å². The molecule has 2 atom stereocenters. The first-order chi connectivity index (χ1) is 9.28. The summed E-state index contributed by atoms with van der Waals surface area (Å²) in [5.41, 5.74) is 2.93. The highest BCUT2D eigenvalue weighted by Gasteiger charge is 2.49. The fourth-order valence-electron chi connectivity index (χ4n) is 2.76. The smallest absolute Gasteiger partial charge is 0.246 e. The van der Waals surface area contributed by atoms with Gasteiger partial charge in [-0.15, -0.1) is 0 Å². The molecule has 0 radical (unpaired) electrons. The molecule has 20 heavy (non-hydrogen) atoms. The average molecular weight is 277 g/mol.